The Kier molecular flexibility index (Phi) is 4.03. The SMILES string of the molecule is C[C@@H](CCc1ccccc1)NC=O. The first-order chi connectivity index (χ1) is 6.33. The molecular formula is C11H15NO. The Morgan fingerprint density at radius 3 is 2.69 bits per heavy atom. The molecule has 0 bridgehead atoms. The Balaban J connectivity index is 2.30. The molecule has 2 nitrogen and oxygen atoms in total. The fourth-order valence-electron chi connectivity index (χ4n) is 1.23. The smallest absolute Gasteiger partial charge is 0.207 e. The van der Waals surface area contributed by atoms with Gasteiger partial charge in [0.15, 0.2) is 0 Å². The van der Waals surface area contributed by atoms with E-state index in [1.165, 1.54) is 5.56 Å². The molecule has 0 aliphatic carbocycles. The summed E-state index contributed by atoms with van der Waals surface area (Å²) < 4.78 is 0. The van der Waals surface area contributed by atoms with Gasteiger partial charge in [-0.1, -0.05) is 30.3 Å². The van der Waals surface area contributed by atoms with Crippen LogP contribution in [0.1, 0.15) is 18.9 Å². The second-order valence-corrected chi connectivity index (χ2v) is 3.21. The lowest BCUT2D eigenvalue weighted by atomic mass is 10.1. The number of carbonyl (C=O) groups excluding carboxylic acids is 1. The van der Waals surface area contributed by atoms with E-state index in [2.05, 4.69) is 17.4 Å². The van der Waals surface area contributed by atoms with Crippen LogP contribution in [0.5, 0.6) is 0 Å². The van der Waals surface area contributed by atoms with Crippen LogP contribution in [-0.4, -0.2) is 12.5 Å². The summed E-state index contributed by atoms with van der Waals surface area (Å²) >= 11 is 0. The molecule has 1 amide bonds. The molecule has 0 fully saturated rings. The summed E-state index contributed by atoms with van der Waals surface area (Å²) in [5, 5.41) is 2.74. The monoisotopic (exact) mass is 177 g/mol. The summed E-state index contributed by atoms with van der Waals surface area (Å²) in [6.07, 6.45) is 2.77. The van der Waals surface area contributed by atoms with Crippen LogP contribution in [0.2, 0.25) is 0 Å². The fraction of sp³-hybridized carbons (Fsp3) is 0.364. The highest BCUT2D eigenvalue weighted by Crippen LogP contribution is 2.03. The van der Waals surface area contributed by atoms with Crippen molar-refractivity contribution in [2.24, 2.45) is 0 Å². The lowest BCUT2D eigenvalue weighted by Gasteiger charge is -2.09. The van der Waals surface area contributed by atoms with Gasteiger partial charge in [-0.15, -0.1) is 0 Å². The first kappa shape index (κ1) is 9.78. The van der Waals surface area contributed by atoms with Gasteiger partial charge in [0.1, 0.15) is 0 Å². The summed E-state index contributed by atoms with van der Waals surface area (Å²) in [5.41, 5.74) is 1.32. The largest absolute Gasteiger partial charge is 0.356 e. The molecule has 0 unspecified atom stereocenters. The summed E-state index contributed by atoms with van der Waals surface area (Å²) in [6.45, 7) is 2.01. The Morgan fingerprint density at radius 2 is 2.08 bits per heavy atom. The van der Waals surface area contributed by atoms with E-state index in [4.69, 9.17) is 0 Å². The number of aryl methyl sites for hydroxylation is 1. The minimum atomic E-state index is 0.262. The molecule has 0 spiro atoms. The Hall–Kier alpha value is -1.31. The van der Waals surface area contributed by atoms with Crippen molar-refractivity contribution in [3.05, 3.63) is 35.9 Å². The van der Waals surface area contributed by atoms with Crippen molar-refractivity contribution in [2.75, 3.05) is 0 Å². The van der Waals surface area contributed by atoms with Gasteiger partial charge in [0.2, 0.25) is 6.41 Å². The maximum atomic E-state index is 10.1. The topological polar surface area (TPSA) is 29.1 Å². The number of amides is 1. The van der Waals surface area contributed by atoms with Crippen LogP contribution in [0.25, 0.3) is 0 Å². The van der Waals surface area contributed by atoms with E-state index in [1.807, 2.05) is 25.1 Å². The number of nitrogens with one attached hydrogen (secondary N) is 1. The van der Waals surface area contributed by atoms with E-state index < -0.39 is 0 Å². The van der Waals surface area contributed by atoms with Gasteiger partial charge in [-0.2, -0.15) is 0 Å². The molecule has 1 N–H and O–H groups in total. The average Bonchev–Trinajstić information content (AvgIpc) is 2.17. The number of carbonyl (C=O) groups is 1. The molecule has 1 aromatic carbocycles. The van der Waals surface area contributed by atoms with Gasteiger partial charge in [-0.05, 0) is 25.3 Å². The molecule has 1 aromatic rings. The highest BCUT2D eigenvalue weighted by molar-refractivity contribution is 5.46. The fourth-order valence-corrected chi connectivity index (χ4v) is 1.23. The van der Waals surface area contributed by atoms with Gasteiger partial charge < -0.3 is 5.32 Å². The number of rotatable bonds is 5. The number of hydrogen-bond acceptors (Lipinski definition) is 1. The van der Waals surface area contributed by atoms with Gasteiger partial charge in [0, 0.05) is 6.04 Å². The van der Waals surface area contributed by atoms with Crippen LogP contribution >= 0.6 is 0 Å². The third kappa shape index (κ3) is 3.74. The quantitative estimate of drug-likeness (QED) is 0.682. The third-order valence-electron chi connectivity index (χ3n) is 2.06. The normalized spacial score (nSPS) is 12.1. The second kappa shape index (κ2) is 5.36. The maximum absolute atomic E-state index is 10.1. The van der Waals surface area contributed by atoms with Gasteiger partial charge in [0.25, 0.3) is 0 Å². The van der Waals surface area contributed by atoms with E-state index >= 15 is 0 Å². The lowest BCUT2D eigenvalue weighted by molar-refractivity contribution is -0.110. The van der Waals surface area contributed by atoms with E-state index in [0.717, 1.165) is 19.3 Å². The van der Waals surface area contributed by atoms with E-state index in [9.17, 15) is 4.79 Å². The zero-order valence-corrected chi connectivity index (χ0v) is 7.86. The van der Waals surface area contributed by atoms with Gasteiger partial charge in [0.05, 0.1) is 0 Å². The summed E-state index contributed by atoms with van der Waals surface area (Å²) in [7, 11) is 0. The van der Waals surface area contributed by atoms with Crippen molar-refractivity contribution in [1.29, 1.82) is 0 Å². The first-order valence-corrected chi connectivity index (χ1v) is 4.56. The average molecular weight is 177 g/mol. The third-order valence-corrected chi connectivity index (χ3v) is 2.06. The maximum Gasteiger partial charge on any atom is 0.207 e. The van der Waals surface area contributed by atoms with Crippen LogP contribution in [-0.2, 0) is 11.2 Å². The Bertz CT molecular complexity index is 246. The molecule has 70 valence electrons. The molecule has 1 atom stereocenters. The predicted molar refractivity (Wildman–Crippen MR) is 53.4 cm³/mol. The van der Waals surface area contributed by atoms with Crippen molar-refractivity contribution < 1.29 is 4.79 Å². The van der Waals surface area contributed by atoms with Crippen molar-refractivity contribution >= 4 is 6.41 Å². The minimum Gasteiger partial charge on any atom is -0.356 e. The molecule has 0 aliphatic rings. The minimum absolute atomic E-state index is 0.262. The summed E-state index contributed by atoms with van der Waals surface area (Å²) in [5.74, 6) is 0. The highest BCUT2D eigenvalue weighted by Gasteiger charge is 1.99. The zero-order chi connectivity index (χ0) is 9.52. The number of benzene rings is 1. The molecule has 0 radical (unpaired) electrons. The van der Waals surface area contributed by atoms with Crippen LogP contribution in [0, 0.1) is 0 Å². The molecule has 2 heteroatoms. The van der Waals surface area contributed by atoms with Crippen molar-refractivity contribution in [3.63, 3.8) is 0 Å². The van der Waals surface area contributed by atoms with Crippen LogP contribution in [0.4, 0.5) is 0 Å². The van der Waals surface area contributed by atoms with Gasteiger partial charge in [-0.3, -0.25) is 4.79 Å². The van der Waals surface area contributed by atoms with Crippen molar-refractivity contribution in [1.82, 2.24) is 5.32 Å². The molecule has 0 saturated heterocycles. The molecule has 1 rings (SSSR count). The van der Waals surface area contributed by atoms with Crippen LogP contribution in [0.3, 0.4) is 0 Å². The van der Waals surface area contributed by atoms with Gasteiger partial charge in [-0.25, -0.2) is 0 Å². The second-order valence-electron chi connectivity index (χ2n) is 3.21. The molecule has 0 aliphatic heterocycles. The number of hydrogen-bond donors (Lipinski definition) is 1. The molecule has 0 saturated carbocycles. The van der Waals surface area contributed by atoms with Crippen LogP contribution < -0.4 is 5.32 Å². The summed E-state index contributed by atoms with van der Waals surface area (Å²) in [4.78, 5) is 10.1. The first-order valence-electron chi connectivity index (χ1n) is 4.56. The van der Waals surface area contributed by atoms with E-state index in [1.54, 1.807) is 0 Å². The lowest BCUT2D eigenvalue weighted by Crippen LogP contribution is -2.24. The highest BCUT2D eigenvalue weighted by atomic mass is 16.1. The predicted octanol–water partition coefficient (Wildman–Crippen LogP) is 1.75. The Labute approximate surface area is 79.0 Å². The van der Waals surface area contributed by atoms with Crippen molar-refractivity contribution in [3.8, 4) is 0 Å². The standard InChI is InChI=1S/C11H15NO/c1-10(12-9-13)7-8-11-5-3-2-4-6-11/h2-6,9-10H,7-8H2,1H3,(H,12,13)/t10-/m0/s1. The molecule has 13 heavy (non-hydrogen) atoms. The molecular weight excluding hydrogens is 162 g/mol. The van der Waals surface area contributed by atoms with Gasteiger partial charge >= 0.3 is 0 Å². The molecule has 0 heterocycles. The summed E-state index contributed by atoms with van der Waals surface area (Å²) in [6, 6.07) is 10.6. The van der Waals surface area contributed by atoms with Crippen molar-refractivity contribution in [2.45, 2.75) is 25.8 Å². The van der Waals surface area contributed by atoms with Crippen LogP contribution in [0.15, 0.2) is 30.3 Å². The van der Waals surface area contributed by atoms with E-state index in [-0.39, 0.29) is 6.04 Å². The molecule has 0 aromatic heterocycles. The van der Waals surface area contributed by atoms with E-state index in [0.29, 0.717) is 0 Å². The zero-order valence-electron chi connectivity index (χ0n) is 7.86. The Morgan fingerprint density at radius 1 is 1.38 bits per heavy atom.